The number of benzene rings is 1. The van der Waals surface area contributed by atoms with E-state index in [-0.39, 0.29) is 23.8 Å². The van der Waals surface area contributed by atoms with Crippen LogP contribution < -0.4 is 5.32 Å². The summed E-state index contributed by atoms with van der Waals surface area (Å²) in [5.74, 6) is -1.92. The minimum Gasteiger partial charge on any atom is -0.337 e. The van der Waals surface area contributed by atoms with Crippen LogP contribution in [-0.4, -0.2) is 36.5 Å². The predicted molar refractivity (Wildman–Crippen MR) is 71.3 cm³/mol. The Morgan fingerprint density at radius 3 is 2.95 bits per heavy atom. The molecule has 1 amide bonds. The van der Waals surface area contributed by atoms with E-state index >= 15 is 0 Å². The molecule has 108 valence electrons. The molecule has 1 aliphatic heterocycles. The number of nitrogens with zero attached hydrogens (tertiary/aromatic N) is 1. The molecule has 1 heterocycles. The minimum atomic E-state index is -0.837. The molecule has 20 heavy (non-hydrogen) atoms. The largest absolute Gasteiger partial charge is 0.337 e. The molecule has 1 aromatic rings. The summed E-state index contributed by atoms with van der Waals surface area (Å²) in [4.78, 5) is 14.3. The number of halogens is 2. The van der Waals surface area contributed by atoms with Crippen LogP contribution in [0.3, 0.4) is 0 Å². The molecular formula is C15H18F2N2O. The minimum absolute atomic E-state index is 0.0765. The van der Waals surface area contributed by atoms with Gasteiger partial charge in [0.1, 0.15) is 0 Å². The molecule has 3 nitrogen and oxygen atoms in total. The van der Waals surface area contributed by atoms with E-state index in [9.17, 15) is 13.6 Å². The van der Waals surface area contributed by atoms with Gasteiger partial charge in [0.05, 0.1) is 0 Å². The molecule has 3 unspecified atom stereocenters. The Bertz CT molecular complexity index is 535. The van der Waals surface area contributed by atoms with Gasteiger partial charge in [0.25, 0.3) is 0 Å². The van der Waals surface area contributed by atoms with E-state index in [1.165, 1.54) is 6.07 Å². The summed E-state index contributed by atoms with van der Waals surface area (Å²) in [7, 11) is 0. The van der Waals surface area contributed by atoms with E-state index in [2.05, 4.69) is 5.32 Å². The molecule has 0 bridgehead atoms. The summed E-state index contributed by atoms with van der Waals surface area (Å²) in [6.07, 6.45) is 0.621. The van der Waals surface area contributed by atoms with E-state index in [1.807, 2.05) is 11.8 Å². The topological polar surface area (TPSA) is 32.3 Å². The fourth-order valence-corrected chi connectivity index (χ4v) is 3.00. The number of nitrogens with one attached hydrogen (secondary N) is 1. The highest BCUT2D eigenvalue weighted by Crippen LogP contribution is 2.49. The Morgan fingerprint density at radius 2 is 2.20 bits per heavy atom. The van der Waals surface area contributed by atoms with Gasteiger partial charge in [0.15, 0.2) is 11.6 Å². The molecular weight excluding hydrogens is 262 g/mol. The number of hydrogen-bond acceptors (Lipinski definition) is 2. The van der Waals surface area contributed by atoms with Crippen LogP contribution in [0.5, 0.6) is 0 Å². The van der Waals surface area contributed by atoms with Crippen LogP contribution in [0.2, 0.25) is 0 Å². The summed E-state index contributed by atoms with van der Waals surface area (Å²) < 4.78 is 27.0. The Hall–Kier alpha value is -1.49. The zero-order valence-corrected chi connectivity index (χ0v) is 11.4. The molecule has 1 aromatic carbocycles. The van der Waals surface area contributed by atoms with E-state index in [1.54, 1.807) is 6.07 Å². The van der Waals surface area contributed by atoms with Gasteiger partial charge in [-0.1, -0.05) is 12.1 Å². The first-order valence-electron chi connectivity index (χ1n) is 7.04. The second-order valence-electron chi connectivity index (χ2n) is 5.68. The third-order valence-corrected chi connectivity index (χ3v) is 4.27. The summed E-state index contributed by atoms with van der Waals surface area (Å²) in [5.41, 5.74) is 0.339. The van der Waals surface area contributed by atoms with Crippen molar-refractivity contribution in [1.82, 2.24) is 10.2 Å². The van der Waals surface area contributed by atoms with Gasteiger partial charge in [-0.25, -0.2) is 8.78 Å². The number of amides is 1. The van der Waals surface area contributed by atoms with Gasteiger partial charge in [-0.3, -0.25) is 4.79 Å². The molecule has 1 saturated heterocycles. The molecule has 0 spiro atoms. The third-order valence-electron chi connectivity index (χ3n) is 4.27. The number of carbonyl (C=O) groups is 1. The lowest BCUT2D eigenvalue weighted by atomic mass is 10.1. The molecule has 0 aromatic heterocycles. The Labute approximate surface area is 117 Å². The normalized spacial score (nSPS) is 29.4. The van der Waals surface area contributed by atoms with Crippen molar-refractivity contribution in [2.45, 2.75) is 25.3 Å². The van der Waals surface area contributed by atoms with Crippen LogP contribution in [0.1, 0.15) is 24.8 Å². The SMILES string of the molecule is CC1CNCCN1C(=O)C1CC1c1cccc(F)c1F. The lowest BCUT2D eigenvalue weighted by molar-refractivity contribution is -0.135. The zero-order chi connectivity index (χ0) is 14.3. The lowest BCUT2D eigenvalue weighted by Crippen LogP contribution is -2.52. The van der Waals surface area contributed by atoms with E-state index in [0.717, 1.165) is 19.2 Å². The quantitative estimate of drug-likeness (QED) is 0.897. The number of hydrogen-bond donors (Lipinski definition) is 1. The lowest BCUT2D eigenvalue weighted by Gasteiger charge is -2.34. The number of carbonyl (C=O) groups excluding carboxylic acids is 1. The molecule has 1 aliphatic carbocycles. The maximum atomic E-state index is 13.7. The van der Waals surface area contributed by atoms with Crippen LogP contribution in [0.15, 0.2) is 18.2 Å². The highest BCUT2D eigenvalue weighted by Gasteiger charge is 2.48. The first kappa shape index (κ1) is 13.5. The zero-order valence-electron chi connectivity index (χ0n) is 11.4. The van der Waals surface area contributed by atoms with Crippen molar-refractivity contribution < 1.29 is 13.6 Å². The summed E-state index contributed by atoms with van der Waals surface area (Å²) >= 11 is 0. The van der Waals surface area contributed by atoms with Crippen LogP contribution >= 0.6 is 0 Å². The monoisotopic (exact) mass is 280 g/mol. The highest BCUT2D eigenvalue weighted by molar-refractivity contribution is 5.83. The van der Waals surface area contributed by atoms with Gasteiger partial charge in [-0.2, -0.15) is 0 Å². The van der Waals surface area contributed by atoms with Crippen molar-refractivity contribution >= 4 is 5.91 Å². The average Bonchev–Trinajstić information content (AvgIpc) is 3.22. The van der Waals surface area contributed by atoms with Crippen LogP contribution in [0.4, 0.5) is 8.78 Å². The first-order chi connectivity index (χ1) is 9.59. The standard InChI is InChI=1S/C15H18F2N2O/c1-9-8-18-5-6-19(9)15(20)12-7-11(12)10-3-2-4-13(16)14(10)17/h2-4,9,11-12,18H,5-8H2,1H3. The fraction of sp³-hybridized carbons (Fsp3) is 0.533. The second-order valence-corrected chi connectivity index (χ2v) is 5.68. The van der Waals surface area contributed by atoms with Crippen molar-refractivity contribution in [1.29, 1.82) is 0 Å². The fourth-order valence-electron chi connectivity index (χ4n) is 3.00. The van der Waals surface area contributed by atoms with Crippen molar-refractivity contribution in [2.75, 3.05) is 19.6 Å². The van der Waals surface area contributed by atoms with E-state index < -0.39 is 11.6 Å². The van der Waals surface area contributed by atoms with Crippen molar-refractivity contribution in [3.8, 4) is 0 Å². The van der Waals surface area contributed by atoms with Crippen LogP contribution in [0, 0.1) is 17.6 Å². The van der Waals surface area contributed by atoms with Gasteiger partial charge in [-0.15, -0.1) is 0 Å². The second kappa shape index (κ2) is 5.13. The summed E-state index contributed by atoms with van der Waals surface area (Å²) in [6.45, 7) is 4.28. The van der Waals surface area contributed by atoms with Crippen LogP contribution in [-0.2, 0) is 4.79 Å². The Kier molecular flexibility index (Phi) is 3.46. The average molecular weight is 280 g/mol. The molecule has 0 radical (unpaired) electrons. The maximum absolute atomic E-state index is 13.7. The molecule has 1 saturated carbocycles. The first-order valence-corrected chi connectivity index (χ1v) is 7.04. The maximum Gasteiger partial charge on any atom is 0.226 e. The van der Waals surface area contributed by atoms with Gasteiger partial charge >= 0.3 is 0 Å². The molecule has 1 N–H and O–H groups in total. The molecule has 2 aliphatic rings. The van der Waals surface area contributed by atoms with Gasteiger partial charge < -0.3 is 10.2 Å². The van der Waals surface area contributed by atoms with Crippen molar-refractivity contribution in [2.24, 2.45) is 5.92 Å². The molecule has 5 heteroatoms. The summed E-state index contributed by atoms with van der Waals surface area (Å²) in [5, 5.41) is 3.23. The van der Waals surface area contributed by atoms with E-state index in [4.69, 9.17) is 0 Å². The number of rotatable bonds is 2. The molecule has 2 fully saturated rings. The molecule has 3 rings (SSSR count). The van der Waals surface area contributed by atoms with Crippen molar-refractivity contribution in [3.05, 3.63) is 35.4 Å². The van der Waals surface area contributed by atoms with Crippen LogP contribution in [0.25, 0.3) is 0 Å². The highest BCUT2D eigenvalue weighted by atomic mass is 19.2. The predicted octanol–water partition coefficient (Wildman–Crippen LogP) is 1.89. The van der Waals surface area contributed by atoms with Gasteiger partial charge in [0, 0.05) is 31.6 Å². The van der Waals surface area contributed by atoms with E-state index in [0.29, 0.717) is 18.5 Å². The number of piperazine rings is 1. The Balaban J connectivity index is 1.72. The van der Waals surface area contributed by atoms with Gasteiger partial charge in [-0.05, 0) is 30.9 Å². The Morgan fingerprint density at radius 1 is 1.40 bits per heavy atom. The smallest absolute Gasteiger partial charge is 0.226 e. The summed E-state index contributed by atoms with van der Waals surface area (Å²) in [6, 6.07) is 4.35. The van der Waals surface area contributed by atoms with Gasteiger partial charge in [0.2, 0.25) is 5.91 Å². The third kappa shape index (κ3) is 2.30. The molecule has 3 atom stereocenters. The van der Waals surface area contributed by atoms with Crippen molar-refractivity contribution in [3.63, 3.8) is 0 Å².